The number of anilines is 2. The van der Waals surface area contributed by atoms with Gasteiger partial charge in [-0.25, -0.2) is 8.42 Å². The molecule has 2 aromatic carbocycles. The molecule has 0 aliphatic heterocycles. The summed E-state index contributed by atoms with van der Waals surface area (Å²) in [6.07, 6.45) is 0.373. The van der Waals surface area contributed by atoms with E-state index in [1.54, 1.807) is 50.2 Å². The molecule has 1 amide bonds. The number of rotatable bonds is 6. The Morgan fingerprint density at radius 2 is 1.61 bits per heavy atom. The van der Waals surface area contributed by atoms with Gasteiger partial charge in [-0.3, -0.25) is 9.10 Å². The summed E-state index contributed by atoms with van der Waals surface area (Å²) in [6, 6.07) is 15.2. The van der Waals surface area contributed by atoms with Crippen LogP contribution in [0.5, 0.6) is 0 Å². The number of amides is 1. The third kappa shape index (κ3) is 3.90. The van der Waals surface area contributed by atoms with Crippen LogP contribution in [0.1, 0.15) is 20.3 Å². The summed E-state index contributed by atoms with van der Waals surface area (Å²) in [5.41, 5.74) is 1.21. The van der Waals surface area contributed by atoms with Crippen molar-refractivity contribution in [1.29, 1.82) is 0 Å². The number of carbonyl (C=O) groups is 1. The van der Waals surface area contributed by atoms with Crippen LogP contribution in [0.15, 0.2) is 59.5 Å². The minimum atomic E-state index is -3.63. The highest BCUT2D eigenvalue weighted by molar-refractivity contribution is 7.92. The molecule has 23 heavy (non-hydrogen) atoms. The Morgan fingerprint density at radius 1 is 1.00 bits per heavy atom. The smallest absolute Gasteiger partial charge is 0.264 e. The molecule has 0 heterocycles. The van der Waals surface area contributed by atoms with Gasteiger partial charge in [-0.2, -0.15) is 0 Å². The lowest BCUT2D eigenvalue weighted by Gasteiger charge is -2.23. The molecular weight excluding hydrogens is 312 g/mol. The number of sulfonamides is 1. The maximum absolute atomic E-state index is 12.8. The van der Waals surface area contributed by atoms with Gasteiger partial charge in [0.05, 0.1) is 10.6 Å². The van der Waals surface area contributed by atoms with Crippen LogP contribution in [0, 0.1) is 0 Å². The average Bonchev–Trinajstić information content (AvgIpc) is 2.56. The van der Waals surface area contributed by atoms with Crippen molar-refractivity contribution >= 4 is 27.3 Å². The van der Waals surface area contributed by atoms with Crippen molar-refractivity contribution in [1.82, 2.24) is 0 Å². The molecule has 2 aromatic rings. The summed E-state index contributed by atoms with van der Waals surface area (Å²) in [6.45, 7) is 3.88. The quantitative estimate of drug-likeness (QED) is 0.883. The summed E-state index contributed by atoms with van der Waals surface area (Å²) >= 11 is 0. The Morgan fingerprint density at radius 3 is 2.13 bits per heavy atom. The summed E-state index contributed by atoms with van der Waals surface area (Å²) in [5, 5.41) is 2.70. The van der Waals surface area contributed by atoms with E-state index in [0.29, 0.717) is 24.3 Å². The largest absolute Gasteiger partial charge is 0.326 e. The number of hydrogen-bond acceptors (Lipinski definition) is 3. The van der Waals surface area contributed by atoms with Crippen LogP contribution in [0.2, 0.25) is 0 Å². The number of para-hydroxylation sites is 1. The molecule has 0 unspecified atom stereocenters. The highest BCUT2D eigenvalue weighted by Crippen LogP contribution is 2.24. The highest BCUT2D eigenvalue weighted by Gasteiger charge is 2.23. The molecule has 2 rings (SSSR count). The second-order valence-corrected chi connectivity index (χ2v) is 6.79. The first-order valence-electron chi connectivity index (χ1n) is 7.46. The lowest BCUT2D eigenvalue weighted by Crippen LogP contribution is -2.30. The van der Waals surface area contributed by atoms with Gasteiger partial charge in [0, 0.05) is 18.7 Å². The topological polar surface area (TPSA) is 66.5 Å². The maximum atomic E-state index is 12.8. The summed E-state index contributed by atoms with van der Waals surface area (Å²) in [5.74, 6) is -0.111. The van der Waals surface area contributed by atoms with E-state index in [1.807, 2.05) is 6.07 Å². The molecule has 122 valence electrons. The number of carbonyl (C=O) groups excluding carboxylic acids is 1. The SMILES string of the molecule is CCC(=O)Nc1ccc(S(=O)(=O)N(CC)c2ccccc2)cc1. The Hall–Kier alpha value is -2.34. The molecule has 0 saturated carbocycles. The van der Waals surface area contributed by atoms with Crippen molar-refractivity contribution in [2.75, 3.05) is 16.2 Å². The van der Waals surface area contributed by atoms with Gasteiger partial charge in [0.15, 0.2) is 0 Å². The molecule has 0 saturated heterocycles. The first-order valence-corrected chi connectivity index (χ1v) is 8.90. The van der Waals surface area contributed by atoms with Crippen LogP contribution in [-0.2, 0) is 14.8 Å². The molecule has 0 fully saturated rings. The molecule has 5 nitrogen and oxygen atoms in total. The van der Waals surface area contributed by atoms with E-state index in [2.05, 4.69) is 5.32 Å². The van der Waals surface area contributed by atoms with Crippen LogP contribution in [0.3, 0.4) is 0 Å². The fourth-order valence-electron chi connectivity index (χ4n) is 2.17. The summed E-state index contributed by atoms with van der Waals surface area (Å²) < 4.78 is 26.9. The normalized spacial score (nSPS) is 11.0. The molecule has 6 heteroatoms. The van der Waals surface area contributed by atoms with E-state index < -0.39 is 10.0 Å². The zero-order valence-corrected chi connectivity index (χ0v) is 14.0. The van der Waals surface area contributed by atoms with E-state index >= 15 is 0 Å². The fourth-order valence-corrected chi connectivity index (χ4v) is 3.65. The Balaban J connectivity index is 2.30. The standard InChI is InChI=1S/C17H20N2O3S/c1-3-17(20)18-14-10-12-16(13-11-14)23(21,22)19(4-2)15-8-6-5-7-9-15/h5-13H,3-4H2,1-2H3,(H,18,20). The second-order valence-electron chi connectivity index (χ2n) is 4.93. The molecule has 0 atom stereocenters. The van der Waals surface area contributed by atoms with Gasteiger partial charge in [-0.1, -0.05) is 25.1 Å². The molecule has 0 bridgehead atoms. The van der Waals surface area contributed by atoms with Crippen LogP contribution in [0.25, 0.3) is 0 Å². The van der Waals surface area contributed by atoms with E-state index in [4.69, 9.17) is 0 Å². The zero-order chi connectivity index (χ0) is 16.9. The number of nitrogens with one attached hydrogen (secondary N) is 1. The van der Waals surface area contributed by atoms with Gasteiger partial charge in [-0.05, 0) is 43.3 Å². The van der Waals surface area contributed by atoms with Gasteiger partial charge < -0.3 is 5.32 Å². The van der Waals surface area contributed by atoms with E-state index in [1.165, 1.54) is 16.4 Å². The van der Waals surface area contributed by atoms with Crippen LogP contribution >= 0.6 is 0 Å². The van der Waals surface area contributed by atoms with E-state index in [0.717, 1.165) is 0 Å². The predicted molar refractivity (Wildman–Crippen MR) is 92.0 cm³/mol. The van der Waals surface area contributed by atoms with Crippen molar-refractivity contribution in [3.8, 4) is 0 Å². The maximum Gasteiger partial charge on any atom is 0.264 e. The van der Waals surface area contributed by atoms with E-state index in [-0.39, 0.29) is 10.8 Å². The zero-order valence-electron chi connectivity index (χ0n) is 13.2. The molecule has 1 N–H and O–H groups in total. The van der Waals surface area contributed by atoms with Crippen molar-refractivity contribution in [2.24, 2.45) is 0 Å². The molecule has 0 radical (unpaired) electrons. The Kier molecular flexibility index (Phi) is 5.39. The number of hydrogen-bond donors (Lipinski definition) is 1. The van der Waals surface area contributed by atoms with Gasteiger partial charge in [0.1, 0.15) is 0 Å². The third-order valence-corrected chi connectivity index (χ3v) is 5.30. The summed E-state index contributed by atoms with van der Waals surface area (Å²) in [4.78, 5) is 11.6. The monoisotopic (exact) mass is 332 g/mol. The molecule has 0 aliphatic rings. The Labute approximate surface area is 137 Å². The van der Waals surface area contributed by atoms with Gasteiger partial charge in [0.25, 0.3) is 10.0 Å². The Bertz CT molecular complexity index is 756. The van der Waals surface area contributed by atoms with Crippen LogP contribution < -0.4 is 9.62 Å². The summed E-state index contributed by atoms with van der Waals surface area (Å²) in [7, 11) is -3.63. The van der Waals surface area contributed by atoms with Crippen molar-refractivity contribution < 1.29 is 13.2 Å². The van der Waals surface area contributed by atoms with E-state index in [9.17, 15) is 13.2 Å². The van der Waals surface area contributed by atoms with Crippen LogP contribution in [-0.4, -0.2) is 20.9 Å². The number of nitrogens with zero attached hydrogens (tertiary/aromatic N) is 1. The van der Waals surface area contributed by atoms with Gasteiger partial charge >= 0.3 is 0 Å². The highest BCUT2D eigenvalue weighted by atomic mass is 32.2. The predicted octanol–water partition coefficient (Wildman–Crippen LogP) is 3.25. The van der Waals surface area contributed by atoms with Gasteiger partial charge in [-0.15, -0.1) is 0 Å². The molecular formula is C17H20N2O3S. The lowest BCUT2D eigenvalue weighted by atomic mass is 10.3. The second kappa shape index (κ2) is 7.28. The third-order valence-electron chi connectivity index (χ3n) is 3.38. The van der Waals surface area contributed by atoms with Crippen LogP contribution in [0.4, 0.5) is 11.4 Å². The van der Waals surface area contributed by atoms with Crippen molar-refractivity contribution in [2.45, 2.75) is 25.2 Å². The van der Waals surface area contributed by atoms with Crippen molar-refractivity contribution in [3.63, 3.8) is 0 Å². The lowest BCUT2D eigenvalue weighted by molar-refractivity contribution is -0.115. The number of benzene rings is 2. The molecule has 0 aliphatic carbocycles. The molecule has 0 aromatic heterocycles. The first-order chi connectivity index (χ1) is 11.0. The first kappa shape index (κ1) is 17.0. The van der Waals surface area contributed by atoms with Gasteiger partial charge in [0.2, 0.25) is 5.91 Å². The minimum absolute atomic E-state index is 0.111. The van der Waals surface area contributed by atoms with Crippen molar-refractivity contribution in [3.05, 3.63) is 54.6 Å². The molecule has 0 spiro atoms. The minimum Gasteiger partial charge on any atom is -0.326 e. The average molecular weight is 332 g/mol. The fraction of sp³-hybridized carbons (Fsp3) is 0.235.